The van der Waals surface area contributed by atoms with Gasteiger partial charge in [-0.1, -0.05) is 32.1 Å². The lowest BCUT2D eigenvalue weighted by Crippen LogP contribution is -2.48. The molecular formula is C13H23Cl2N3O2S. The van der Waals surface area contributed by atoms with E-state index in [1.54, 1.807) is 6.07 Å². The van der Waals surface area contributed by atoms with E-state index in [2.05, 4.69) is 31.0 Å². The van der Waals surface area contributed by atoms with Crippen LogP contribution in [0.15, 0.2) is 12.1 Å². The molecule has 0 saturated carbocycles. The Hall–Kier alpha value is -0.400. The van der Waals surface area contributed by atoms with Crippen LogP contribution in [0.2, 0.25) is 0 Å². The average Bonchev–Trinajstić information content (AvgIpc) is 2.78. The third-order valence-corrected chi connectivity index (χ3v) is 4.49. The lowest BCUT2D eigenvalue weighted by molar-refractivity contribution is -0.380. The number of halogens is 2. The molecule has 5 nitrogen and oxygen atoms in total. The minimum Gasteiger partial charge on any atom is -0.314 e. The second kappa shape index (κ2) is 8.29. The van der Waals surface area contributed by atoms with Crippen molar-refractivity contribution in [3.05, 3.63) is 27.1 Å². The first kappa shape index (κ1) is 20.6. The molecule has 0 unspecified atom stereocenters. The molecule has 21 heavy (non-hydrogen) atoms. The summed E-state index contributed by atoms with van der Waals surface area (Å²) in [5, 5.41) is 14.4. The van der Waals surface area contributed by atoms with Crippen molar-refractivity contribution in [2.24, 2.45) is 5.41 Å². The van der Waals surface area contributed by atoms with Gasteiger partial charge in [-0.05, 0) is 11.5 Å². The van der Waals surface area contributed by atoms with Gasteiger partial charge in [0.25, 0.3) is 0 Å². The van der Waals surface area contributed by atoms with Crippen LogP contribution in [0, 0.1) is 15.5 Å². The molecule has 0 aromatic carbocycles. The van der Waals surface area contributed by atoms with E-state index in [0.717, 1.165) is 31.1 Å². The van der Waals surface area contributed by atoms with Crippen LogP contribution in [0.4, 0.5) is 5.00 Å². The van der Waals surface area contributed by atoms with Gasteiger partial charge in [0.05, 0.1) is 4.92 Å². The van der Waals surface area contributed by atoms with Gasteiger partial charge < -0.3 is 5.32 Å². The first-order chi connectivity index (χ1) is 8.89. The SMILES string of the molecule is CC(C)(C)[C@H](c1ccc([N+](=O)[O-])s1)N1CCNCC1.Cl.Cl. The summed E-state index contributed by atoms with van der Waals surface area (Å²) in [6.45, 7) is 10.6. The van der Waals surface area contributed by atoms with Crippen LogP contribution in [0.3, 0.4) is 0 Å². The number of hydrogen-bond donors (Lipinski definition) is 1. The molecule has 1 fully saturated rings. The van der Waals surface area contributed by atoms with E-state index in [4.69, 9.17) is 0 Å². The van der Waals surface area contributed by atoms with Gasteiger partial charge in [0, 0.05) is 43.2 Å². The molecule has 122 valence electrons. The highest BCUT2D eigenvalue weighted by molar-refractivity contribution is 7.15. The maximum Gasteiger partial charge on any atom is 0.324 e. The maximum atomic E-state index is 10.9. The van der Waals surface area contributed by atoms with Crippen LogP contribution in [0.25, 0.3) is 0 Å². The maximum absolute atomic E-state index is 10.9. The van der Waals surface area contributed by atoms with Crippen molar-refractivity contribution in [3.8, 4) is 0 Å². The number of rotatable bonds is 3. The number of nitrogens with one attached hydrogen (secondary N) is 1. The van der Waals surface area contributed by atoms with Crippen molar-refractivity contribution in [3.63, 3.8) is 0 Å². The van der Waals surface area contributed by atoms with Crippen molar-refractivity contribution in [1.82, 2.24) is 10.2 Å². The quantitative estimate of drug-likeness (QED) is 0.665. The normalized spacial score (nSPS) is 17.5. The van der Waals surface area contributed by atoms with Gasteiger partial charge in [0.1, 0.15) is 0 Å². The van der Waals surface area contributed by atoms with Crippen molar-refractivity contribution >= 4 is 41.2 Å². The Morgan fingerprint density at radius 1 is 1.29 bits per heavy atom. The Balaban J connectivity index is 0.00000200. The zero-order valence-electron chi connectivity index (χ0n) is 12.5. The molecule has 1 N–H and O–H groups in total. The summed E-state index contributed by atoms with van der Waals surface area (Å²) < 4.78 is 0. The molecule has 1 atom stereocenters. The first-order valence-corrected chi connectivity index (χ1v) is 7.40. The fourth-order valence-corrected chi connectivity index (χ4v) is 3.88. The fourth-order valence-electron chi connectivity index (χ4n) is 2.68. The highest BCUT2D eigenvalue weighted by atomic mass is 35.5. The molecule has 1 saturated heterocycles. The Bertz CT molecular complexity index is 457. The predicted octanol–water partition coefficient (Wildman–Crippen LogP) is 3.49. The van der Waals surface area contributed by atoms with Gasteiger partial charge in [-0.3, -0.25) is 15.0 Å². The highest BCUT2D eigenvalue weighted by Crippen LogP contribution is 2.42. The number of thiophene rings is 1. The second-order valence-corrected chi connectivity index (χ2v) is 7.08. The molecule has 1 aromatic heterocycles. The smallest absolute Gasteiger partial charge is 0.314 e. The summed E-state index contributed by atoms with van der Waals surface area (Å²) in [7, 11) is 0. The summed E-state index contributed by atoms with van der Waals surface area (Å²) >= 11 is 1.31. The van der Waals surface area contributed by atoms with E-state index in [-0.39, 0.29) is 46.2 Å². The Kier molecular flexibility index (Phi) is 8.13. The minimum absolute atomic E-state index is 0. The molecule has 1 aromatic rings. The molecule has 1 aliphatic heterocycles. The van der Waals surface area contributed by atoms with Crippen molar-refractivity contribution in [1.29, 1.82) is 0 Å². The second-order valence-electron chi connectivity index (χ2n) is 5.99. The zero-order chi connectivity index (χ0) is 14.0. The molecule has 2 rings (SSSR count). The van der Waals surface area contributed by atoms with Crippen LogP contribution in [-0.2, 0) is 0 Å². The van der Waals surface area contributed by atoms with E-state index >= 15 is 0 Å². The van der Waals surface area contributed by atoms with Crippen molar-refractivity contribution < 1.29 is 4.92 Å². The molecule has 0 spiro atoms. The van der Waals surface area contributed by atoms with Gasteiger partial charge in [-0.25, -0.2) is 0 Å². The monoisotopic (exact) mass is 355 g/mol. The standard InChI is InChI=1S/C13H21N3O2S.2ClH/c1-13(2,3)12(15-8-6-14-7-9-15)10-4-5-11(19-10)16(17)18;;/h4-5,12,14H,6-9H2,1-3H3;2*1H/t12-;;/m0../s1. The molecule has 1 aliphatic rings. The number of piperazine rings is 1. The average molecular weight is 356 g/mol. The lowest BCUT2D eigenvalue weighted by atomic mass is 9.84. The summed E-state index contributed by atoms with van der Waals surface area (Å²) in [5.74, 6) is 0. The van der Waals surface area contributed by atoms with E-state index in [9.17, 15) is 10.1 Å². The molecule has 8 heteroatoms. The fraction of sp³-hybridized carbons (Fsp3) is 0.692. The van der Waals surface area contributed by atoms with E-state index in [0.29, 0.717) is 0 Å². The summed E-state index contributed by atoms with van der Waals surface area (Å²) in [6.07, 6.45) is 0. The van der Waals surface area contributed by atoms with Gasteiger partial charge in [-0.2, -0.15) is 0 Å². The molecule has 0 radical (unpaired) electrons. The molecule has 2 heterocycles. The van der Waals surface area contributed by atoms with Crippen LogP contribution in [0.5, 0.6) is 0 Å². The summed E-state index contributed by atoms with van der Waals surface area (Å²) in [4.78, 5) is 14.1. The van der Waals surface area contributed by atoms with E-state index in [1.165, 1.54) is 11.3 Å². The third kappa shape index (κ3) is 5.07. The van der Waals surface area contributed by atoms with Gasteiger partial charge in [-0.15, -0.1) is 24.8 Å². The minimum atomic E-state index is -0.300. The molecule has 0 bridgehead atoms. The van der Waals surface area contributed by atoms with Crippen molar-refractivity contribution in [2.75, 3.05) is 26.2 Å². The Morgan fingerprint density at radius 3 is 2.29 bits per heavy atom. The van der Waals surface area contributed by atoms with Crippen LogP contribution >= 0.6 is 36.2 Å². The third-order valence-electron chi connectivity index (χ3n) is 3.40. The van der Waals surface area contributed by atoms with Gasteiger partial charge >= 0.3 is 5.00 Å². The molecule has 0 amide bonds. The lowest BCUT2D eigenvalue weighted by Gasteiger charge is -2.41. The zero-order valence-corrected chi connectivity index (χ0v) is 14.9. The first-order valence-electron chi connectivity index (χ1n) is 6.58. The number of nitrogens with zero attached hydrogens (tertiary/aromatic N) is 2. The topological polar surface area (TPSA) is 58.4 Å². The van der Waals surface area contributed by atoms with E-state index < -0.39 is 0 Å². The van der Waals surface area contributed by atoms with Crippen LogP contribution < -0.4 is 5.32 Å². The van der Waals surface area contributed by atoms with Crippen LogP contribution in [-0.4, -0.2) is 36.0 Å². The highest BCUT2D eigenvalue weighted by Gasteiger charge is 2.34. The number of nitro groups is 1. The van der Waals surface area contributed by atoms with Crippen LogP contribution in [0.1, 0.15) is 31.7 Å². The van der Waals surface area contributed by atoms with Crippen molar-refractivity contribution in [2.45, 2.75) is 26.8 Å². The molecular weight excluding hydrogens is 333 g/mol. The largest absolute Gasteiger partial charge is 0.324 e. The Labute approximate surface area is 142 Å². The van der Waals surface area contributed by atoms with E-state index in [1.807, 2.05) is 6.07 Å². The van der Waals surface area contributed by atoms with Gasteiger partial charge in [0.2, 0.25) is 0 Å². The Morgan fingerprint density at radius 2 is 1.86 bits per heavy atom. The van der Waals surface area contributed by atoms with Gasteiger partial charge in [0.15, 0.2) is 0 Å². The molecule has 0 aliphatic carbocycles. The number of hydrogen-bond acceptors (Lipinski definition) is 5. The predicted molar refractivity (Wildman–Crippen MR) is 92.1 cm³/mol. The summed E-state index contributed by atoms with van der Waals surface area (Å²) in [5.41, 5.74) is 0.0655. The summed E-state index contributed by atoms with van der Waals surface area (Å²) in [6, 6.07) is 3.79.